The number of hydrogen-bond donors (Lipinski definition) is 1. The molecule has 30 heavy (non-hydrogen) atoms. The molecular weight excluding hydrogens is 452 g/mol. The minimum Gasteiger partial charge on any atom is -0.472 e. The molecule has 0 bridgehead atoms. The summed E-state index contributed by atoms with van der Waals surface area (Å²) in [5, 5.41) is 9.66. The molecule has 3 heterocycles. The van der Waals surface area contributed by atoms with Crippen LogP contribution in [0.2, 0.25) is 0 Å². The summed E-state index contributed by atoms with van der Waals surface area (Å²) in [4.78, 5) is 37.3. The number of fused-ring (bicyclic) bond motifs is 1. The zero-order valence-corrected chi connectivity index (χ0v) is 18.7. The van der Waals surface area contributed by atoms with Gasteiger partial charge in [0, 0.05) is 48.1 Å². The van der Waals surface area contributed by atoms with Crippen molar-refractivity contribution >= 4 is 27.7 Å². The van der Waals surface area contributed by atoms with Gasteiger partial charge in [-0.2, -0.15) is 0 Å². The number of hydrogen-bond acceptors (Lipinski definition) is 6. The third-order valence-electron chi connectivity index (χ3n) is 5.22. The van der Waals surface area contributed by atoms with E-state index in [1.165, 1.54) is 0 Å². The van der Waals surface area contributed by atoms with Crippen LogP contribution in [-0.4, -0.2) is 75.6 Å². The fourth-order valence-electron chi connectivity index (χ4n) is 3.36. The van der Waals surface area contributed by atoms with Gasteiger partial charge in [0.25, 0.3) is 11.8 Å². The third-order valence-corrected chi connectivity index (χ3v) is 5.65. The molecule has 2 aromatic rings. The van der Waals surface area contributed by atoms with Gasteiger partial charge >= 0.3 is 0 Å². The number of amides is 2. The molecule has 3 atom stereocenters. The van der Waals surface area contributed by atoms with Gasteiger partial charge in [0.1, 0.15) is 11.7 Å². The topological polar surface area (TPSA) is 95.9 Å². The summed E-state index contributed by atoms with van der Waals surface area (Å²) < 4.78 is 6.80. The van der Waals surface area contributed by atoms with E-state index in [4.69, 9.17) is 4.74 Å². The molecule has 1 aliphatic heterocycles. The highest BCUT2D eigenvalue weighted by Gasteiger charge is 2.34. The molecule has 1 aliphatic rings. The van der Waals surface area contributed by atoms with Crippen molar-refractivity contribution in [2.75, 3.05) is 26.7 Å². The zero-order valence-electron chi connectivity index (χ0n) is 17.2. The number of likely N-dealkylation sites (N-methyl/N-ethyl adjacent to an activating group) is 1. The Hall–Kier alpha value is -2.52. The van der Waals surface area contributed by atoms with Crippen molar-refractivity contribution in [1.29, 1.82) is 0 Å². The largest absolute Gasteiger partial charge is 0.472 e. The summed E-state index contributed by atoms with van der Waals surface area (Å²) in [5.74, 6) is -0.267. The van der Waals surface area contributed by atoms with Crippen molar-refractivity contribution in [2.45, 2.75) is 26.0 Å². The summed E-state index contributed by atoms with van der Waals surface area (Å²) in [5.41, 5.74) is 0.865. The Morgan fingerprint density at radius 2 is 2.13 bits per heavy atom. The van der Waals surface area contributed by atoms with Gasteiger partial charge in [-0.05, 0) is 41.1 Å². The first-order valence-corrected chi connectivity index (χ1v) is 10.5. The number of carbonyl (C=O) groups excluding carboxylic acids is 2. The van der Waals surface area contributed by atoms with Gasteiger partial charge in [0.2, 0.25) is 5.88 Å². The van der Waals surface area contributed by atoms with Crippen LogP contribution in [0.3, 0.4) is 0 Å². The molecule has 2 aromatic heterocycles. The normalized spacial score (nSPS) is 19.9. The maximum atomic E-state index is 13.1. The van der Waals surface area contributed by atoms with E-state index in [1.807, 2.05) is 6.92 Å². The second-order valence-corrected chi connectivity index (χ2v) is 8.47. The van der Waals surface area contributed by atoms with Crippen LogP contribution in [-0.2, 0) is 0 Å². The molecule has 0 fully saturated rings. The Morgan fingerprint density at radius 1 is 1.43 bits per heavy atom. The van der Waals surface area contributed by atoms with Gasteiger partial charge in [-0.1, -0.05) is 6.92 Å². The second kappa shape index (κ2) is 9.53. The van der Waals surface area contributed by atoms with Crippen LogP contribution in [0.1, 0.15) is 34.6 Å². The van der Waals surface area contributed by atoms with E-state index in [-0.39, 0.29) is 36.3 Å². The molecule has 160 valence electrons. The smallest absolute Gasteiger partial charge is 0.259 e. The van der Waals surface area contributed by atoms with E-state index < -0.39 is 6.10 Å². The highest BCUT2D eigenvalue weighted by Crippen LogP contribution is 2.28. The van der Waals surface area contributed by atoms with Crippen LogP contribution in [0.5, 0.6) is 5.88 Å². The number of rotatable bonds is 5. The highest BCUT2D eigenvalue weighted by molar-refractivity contribution is 9.10. The molecule has 0 unspecified atom stereocenters. The van der Waals surface area contributed by atoms with Crippen LogP contribution in [0.4, 0.5) is 0 Å². The number of pyridine rings is 2. The molecule has 2 amide bonds. The Kier molecular flexibility index (Phi) is 7.04. The average Bonchev–Trinajstić information content (AvgIpc) is 2.76. The van der Waals surface area contributed by atoms with Gasteiger partial charge in [0.15, 0.2) is 0 Å². The van der Waals surface area contributed by atoms with Crippen LogP contribution in [0.15, 0.2) is 41.3 Å². The minimum absolute atomic E-state index is 0.103. The number of aliphatic hydroxyl groups excluding tert-OH is 1. The Labute approximate surface area is 184 Å². The maximum Gasteiger partial charge on any atom is 0.259 e. The lowest BCUT2D eigenvalue weighted by molar-refractivity contribution is 0.0313. The molecule has 0 aromatic carbocycles. The summed E-state index contributed by atoms with van der Waals surface area (Å²) in [6.07, 6.45) is 4.33. The van der Waals surface area contributed by atoms with Crippen molar-refractivity contribution in [3.8, 4) is 5.88 Å². The zero-order chi connectivity index (χ0) is 21.8. The second-order valence-electron chi connectivity index (χ2n) is 7.55. The van der Waals surface area contributed by atoms with E-state index in [2.05, 4.69) is 25.9 Å². The van der Waals surface area contributed by atoms with E-state index in [0.717, 1.165) is 0 Å². The number of aliphatic hydroxyl groups is 1. The molecule has 8 nitrogen and oxygen atoms in total. The number of halogens is 1. The monoisotopic (exact) mass is 476 g/mol. The number of carbonyl (C=O) groups is 2. The van der Waals surface area contributed by atoms with Crippen molar-refractivity contribution < 1.29 is 19.4 Å². The summed E-state index contributed by atoms with van der Waals surface area (Å²) >= 11 is 3.35. The van der Waals surface area contributed by atoms with E-state index in [0.29, 0.717) is 28.7 Å². The minimum atomic E-state index is -0.394. The molecule has 0 saturated carbocycles. The predicted molar refractivity (Wildman–Crippen MR) is 114 cm³/mol. The predicted octanol–water partition coefficient (Wildman–Crippen LogP) is 2.23. The van der Waals surface area contributed by atoms with E-state index >= 15 is 0 Å². The van der Waals surface area contributed by atoms with Crippen molar-refractivity contribution in [3.63, 3.8) is 0 Å². The third kappa shape index (κ3) is 4.79. The van der Waals surface area contributed by atoms with Gasteiger partial charge < -0.3 is 19.6 Å². The van der Waals surface area contributed by atoms with Crippen LogP contribution >= 0.6 is 15.9 Å². The molecule has 0 saturated heterocycles. The maximum absolute atomic E-state index is 13.1. The number of aromatic nitrogens is 2. The standard InChI is InChI=1S/C21H25BrN4O4/c1-13-10-26(14(2)12-27)21(29)17-8-16(22)9-24-19(17)30-18(13)11-25(3)20(28)15-4-6-23-7-5-15/h4-9,13-14,18,27H,10-12H2,1-3H3/t13-,14-,18+/m0/s1. The quantitative estimate of drug-likeness (QED) is 0.710. The lowest BCUT2D eigenvalue weighted by Gasteiger charge is -2.37. The van der Waals surface area contributed by atoms with Gasteiger partial charge in [-0.3, -0.25) is 14.6 Å². The van der Waals surface area contributed by atoms with Crippen molar-refractivity contribution in [1.82, 2.24) is 19.8 Å². The fourth-order valence-corrected chi connectivity index (χ4v) is 3.69. The van der Waals surface area contributed by atoms with Crippen LogP contribution in [0.25, 0.3) is 0 Å². The summed E-state index contributed by atoms with van der Waals surface area (Å²) in [6.45, 7) is 4.31. The molecule has 0 spiro atoms. The van der Waals surface area contributed by atoms with Crippen LogP contribution < -0.4 is 4.74 Å². The molecule has 9 heteroatoms. The molecule has 0 aliphatic carbocycles. The lowest BCUT2D eigenvalue weighted by Crippen LogP contribution is -2.50. The molecule has 3 rings (SSSR count). The van der Waals surface area contributed by atoms with Gasteiger partial charge in [0.05, 0.1) is 19.2 Å². The molecular formula is C21H25BrN4O4. The van der Waals surface area contributed by atoms with E-state index in [1.54, 1.807) is 60.6 Å². The summed E-state index contributed by atoms with van der Waals surface area (Å²) in [6, 6.07) is 4.64. The Bertz CT molecular complexity index is 911. The fraction of sp³-hybridized carbons (Fsp3) is 0.429. The number of nitrogens with zero attached hydrogens (tertiary/aromatic N) is 4. The SMILES string of the molecule is C[C@H]1CN([C@@H](C)CO)C(=O)c2cc(Br)cnc2O[C@@H]1CN(C)C(=O)c1ccncc1. The first-order valence-electron chi connectivity index (χ1n) is 9.71. The lowest BCUT2D eigenvalue weighted by atomic mass is 10.00. The van der Waals surface area contributed by atoms with Gasteiger partial charge in [-0.15, -0.1) is 0 Å². The number of ether oxygens (including phenoxy) is 1. The molecule has 0 radical (unpaired) electrons. The van der Waals surface area contributed by atoms with E-state index in [9.17, 15) is 14.7 Å². The first-order chi connectivity index (χ1) is 14.3. The Morgan fingerprint density at radius 3 is 2.80 bits per heavy atom. The first kappa shape index (κ1) is 22.2. The van der Waals surface area contributed by atoms with Gasteiger partial charge in [-0.25, -0.2) is 4.98 Å². The van der Waals surface area contributed by atoms with Crippen molar-refractivity contribution in [2.24, 2.45) is 5.92 Å². The Balaban J connectivity index is 1.90. The van der Waals surface area contributed by atoms with Crippen molar-refractivity contribution in [3.05, 3.63) is 52.4 Å². The highest BCUT2D eigenvalue weighted by atomic mass is 79.9. The summed E-state index contributed by atoms with van der Waals surface area (Å²) in [7, 11) is 1.72. The molecule has 1 N–H and O–H groups in total. The average molecular weight is 477 g/mol. The van der Waals surface area contributed by atoms with Crippen LogP contribution in [0, 0.1) is 5.92 Å².